The maximum absolute atomic E-state index is 13.3. The molecule has 0 radical (unpaired) electrons. The zero-order valence-electron chi connectivity index (χ0n) is 25.7. The number of aryl methyl sites for hydroxylation is 1. The molecule has 5 rings (SSSR count). The van der Waals surface area contributed by atoms with E-state index in [1.54, 1.807) is 18.2 Å². The molecule has 2 aromatic rings. The molecule has 11 nitrogen and oxygen atoms in total. The molecule has 0 unspecified atom stereocenters. The first-order valence-electron chi connectivity index (χ1n) is 15.0. The zero-order chi connectivity index (χ0) is 29.9. The average Bonchev–Trinajstić information content (AvgIpc) is 3.59. The molecule has 11 heteroatoms. The summed E-state index contributed by atoms with van der Waals surface area (Å²) < 4.78 is 10.9. The van der Waals surface area contributed by atoms with E-state index in [2.05, 4.69) is 31.5 Å². The molecule has 1 aromatic carbocycles. The van der Waals surface area contributed by atoms with Crippen molar-refractivity contribution >= 4 is 23.8 Å². The second-order valence-electron chi connectivity index (χ2n) is 12.8. The van der Waals surface area contributed by atoms with Crippen molar-refractivity contribution in [2.75, 3.05) is 69.7 Å². The molecule has 1 aromatic heterocycles. The third-order valence-electron chi connectivity index (χ3n) is 8.36. The van der Waals surface area contributed by atoms with Gasteiger partial charge in [-0.15, -0.1) is 0 Å². The molecule has 3 fully saturated rings. The number of nitrogens with one attached hydrogen (secondary N) is 2. The Kier molecular flexibility index (Phi) is 8.77. The second-order valence-corrected chi connectivity index (χ2v) is 12.8. The fraction of sp³-hybridized carbons (Fsp3) is 0.613. The Balaban J connectivity index is 1.19. The highest BCUT2D eigenvalue weighted by Gasteiger charge is 2.48. The number of carbonyl (C=O) groups is 2. The number of carbonyl (C=O) groups excluding carboxylic acids is 2. The van der Waals surface area contributed by atoms with Gasteiger partial charge in [-0.25, -0.2) is 9.78 Å². The van der Waals surface area contributed by atoms with Crippen LogP contribution in [0.2, 0.25) is 0 Å². The summed E-state index contributed by atoms with van der Waals surface area (Å²) in [6.07, 6.45) is 5.11. The van der Waals surface area contributed by atoms with Crippen molar-refractivity contribution in [3.8, 4) is 5.75 Å². The van der Waals surface area contributed by atoms with Crippen LogP contribution in [0.25, 0.3) is 0 Å². The second kappa shape index (κ2) is 12.3. The lowest BCUT2D eigenvalue weighted by Gasteiger charge is -2.35. The van der Waals surface area contributed by atoms with Crippen LogP contribution in [0.3, 0.4) is 0 Å². The minimum Gasteiger partial charge on any atom is -0.496 e. The number of aromatic nitrogens is 2. The number of benzene rings is 1. The first kappa shape index (κ1) is 29.9. The Hall–Kier alpha value is -3.60. The number of anilines is 2. The van der Waals surface area contributed by atoms with Crippen LogP contribution in [-0.2, 0) is 11.3 Å². The molecule has 2 aliphatic heterocycles. The van der Waals surface area contributed by atoms with Crippen LogP contribution in [-0.4, -0.2) is 96.8 Å². The van der Waals surface area contributed by atoms with Crippen LogP contribution in [0.15, 0.2) is 24.4 Å². The Morgan fingerprint density at radius 2 is 1.83 bits per heavy atom. The highest BCUT2D eigenvalue weighted by molar-refractivity contribution is 5.98. The lowest BCUT2D eigenvalue weighted by molar-refractivity contribution is 0.0147. The van der Waals surface area contributed by atoms with Crippen LogP contribution < -0.4 is 20.3 Å². The lowest BCUT2D eigenvalue weighted by atomic mass is 10.1. The van der Waals surface area contributed by atoms with Gasteiger partial charge in [-0.05, 0) is 69.6 Å². The largest absolute Gasteiger partial charge is 0.496 e. The smallest absolute Gasteiger partial charge is 0.410 e. The summed E-state index contributed by atoms with van der Waals surface area (Å²) in [7, 11) is 1.67. The molecule has 0 bridgehead atoms. The Bertz CT molecular complexity index is 1280. The first-order valence-corrected chi connectivity index (χ1v) is 15.0. The van der Waals surface area contributed by atoms with E-state index in [0.29, 0.717) is 55.5 Å². The number of methoxy groups -OCH3 is 1. The first-order chi connectivity index (χ1) is 20.0. The monoisotopic (exact) mass is 579 g/mol. The third-order valence-corrected chi connectivity index (χ3v) is 8.36. The summed E-state index contributed by atoms with van der Waals surface area (Å²) in [5.74, 6) is 1.85. The SMILES string of the molecule is COc1ccc(CNc2nc(N3CCC4(CC4)C3)ncc2C(=O)NCCN2CCN(C(=O)OC(C)(C)C)CC2)cc1C. The van der Waals surface area contributed by atoms with Crippen LogP contribution >= 0.6 is 0 Å². The fourth-order valence-corrected chi connectivity index (χ4v) is 5.66. The molecule has 3 aliphatic rings. The maximum Gasteiger partial charge on any atom is 0.410 e. The summed E-state index contributed by atoms with van der Waals surface area (Å²) in [5.41, 5.74) is 2.50. The minimum absolute atomic E-state index is 0.206. The Morgan fingerprint density at radius 3 is 2.48 bits per heavy atom. The van der Waals surface area contributed by atoms with E-state index >= 15 is 0 Å². The van der Waals surface area contributed by atoms with Crippen LogP contribution in [0, 0.1) is 12.3 Å². The number of rotatable bonds is 9. The van der Waals surface area contributed by atoms with Gasteiger partial charge in [0.15, 0.2) is 0 Å². The van der Waals surface area contributed by atoms with Gasteiger partial charge in [-0.3, -0.25) is 9.69 Å². The molecule has 1 spiro atoms. The maximum atomic E-state index is 13.3. The normalized spacial score (nSPS) is 18.2. The molecule has 1 aliphatic carbocycles. The van der Waals surface area contributed by atoms with Crippen molar-refractivity contribution in [1.29, 1.82) is 0 Å². The standard InChI is InChI=1S/C31H45N7O4/c1-22-18-23(6-7-25(22)41-5)19-33-26-24(20-34-28(35-26)38-12-10-31(21-38)8-9-31)27(39)32-11-13-36-14-16-37(17-15-36)29(40)42-30(2,3)4/h6-7,18,20H,8-17,19,21H2,1-5H3,(H,32,39)(H,33,34,35). The van der Waals surface area contributed by atoms with Gasteiger partial charge in [0.05, 0.1) is 7.11 Å². The summed E-state index contributed by atoms with van der Waals surface area (Å²) in [6.45, 7) is 13.9. The van der Waals surface area contributed by atoms with Crippen molar-refractivity contribution in [3.05, 3.63) is 41.1 Å². The van der Waals surface area contributed by atoms with Gasteiger partial charge in [0.1, 0.15) is 22.7 Å². The number of hydrogen-bond acceptors (Lipinski definition) is 9. The third kappa shape index (κ3) is 7.42. The van der Waals surface area contributed by atoms with E-state index in [0.717, 1.165) is 43.1 Å². The summed E-state index contributed by atoms with van der Waals surface area (Å²) >= 11 is 0. The van der Waals surface area contributed by atoms with Gasteiger partial charge in [-0.2, -0.15) is 4.98 Å². The minimum atomic E-state index is -0.504. The Morgan fingerprint density at radius 1 is 1.07 bits per heavy atom. The molecule has 42 heavy (non-hydrogen) atoms. The van der Waals surface area contributed by atoms with E-state index in [1.807, 2.05) is 39.8 Å². The average molecular weight is 580 g/mol. The molecule has 0 atom stereocenters. The van der Waals surface area contributed by atoms with Crippen LogP contribution in [0.4, 0.5) is 16.6 Å². The fourth-order valence-electron chi connectivity index (χ4n) is 5.66. The van der Waals surface area contributed by atoms with Crippen LogP contribution in [0.1, 0.15) is 61.5 Å². The molecule has 2 amide bonds. The quantitative estimate of drug-likeness (QED) is 0.460. The van der Waals surface area contributed by atoms with Crippen molar-refractivity contribution < 1.29 is 19.1 Å². The van der Waals surface area contributed by atoms with Crippen molar-refractivity contribution in [3.63, 3.8) is 0 Å². The summed E-state index contributed by atoms with van der Waals surface area (Å²) in [6, 6.07) is 6.05. The Labute approximate surface area is 249 Å². The van der Waals surface area contributed by atoms with Gasteiger partial charge >= 0.3 is 6.09 Å². The van der Waals surface area contributed by atoms with Crippen LogP contribution in [0.5, 0.6) is 5.75 Å². The highest BCUT2D eigenvalue weighted by Crippen LogP contribution is 2.53. The zero-order valence-corrected chi connectivity index (χ0v) is 25.7. The molecule has 228 valence electrons. The lowest BCUT2D eigenvalue weighted by Crippen LogP contribution is -2.51. The van der Waals surface area contributed by atoms with Gasteiger partial charge in [0, 0.05) is 65.1 Å². The van der Waals surface area contributed by atoms with Crippen molar-refractivity contribution in [1.82, 2.24) is 25.1 Å². The number of piperazine rings is 1. The number of nitrogens with zero attached hydrogens (tertiary/aromatic N) is 5. The van der Waals surface area contributed by atoms with Gasteiger partial charge in [0.25, 0.3) is 5.91 Å². The van der Waals surface area contributed by atoms with Gasteiger partial charge in [0.2, 0.25) is 5.95 Å². The van der Waals surface area contributed by atoms with E-state index in [4.69, 9.17) is 14.5 Å². The van der Waals surface area contributed by atoms with E-state index in [9.17, 15) is 9.59 Å². The number of hydrogen-bond donors (Lipinski definition) is 2. The number of amides is 2. The topological polar surface area (TPSA) is 112 Å². The molecule has 2 N–H and O–H groups in total. The van der Waals surface area contributed by atoms with E-state index in [-0.39, 0.29) is 12.0 Å². The summed E-state index contributed by atoms with van der Waals surface area (Å²) in [4.78, 5) is 41.4. The molecule has 2 saturated heterocycles. The van der Waals surface area contributed by atoms with E-state index in [1.165, 1.54) is 19.3 Å². The molecule has 1 saturated carbocycles. The highest BCUT2D eigenvalue weighted by atomic mass is 16.6. The van der Waals surface area contributed by atoms with Crippen molar-refractivity contribution in [2.24, 2.45) is 5.41 Å². The van der Waals surface area contributed by atoms with Gasteiger partial charge < -0.3 is 29.9 Å². The van der Waals surface area contributed by atoms with Gasteiger partial charge in [-0.1, -0.05) is 12.1 Å². The predicted molar refractivity (Wildman–Crippen MR) is 162 cm³/mol. The predicted octanol–water partition coefficient (Wildman–Crippen LogP) is 3.68. The van der Waals surface area contributed by atoms with Crippen molar-refractivity contribution in [2.45, 2.75) is 59.1 Å². The molecule has 3 heterocycles. The molecular formula is C31H45N7O4. The van der Waals surface area contributed by atoms with E-state index < -0.39 is 5.60 Å². The number of ether oxygens (including phenoxy) is 2. The molecular weight excluding hydrogens is 534 g/mol. The summed E-state index contributed by atoms with van der Waals surface area (Å²) in [5, 5.41) is 6.46.